The van der Waals surface area contributed by atoms with Gasteiger partial charge in [0, 0.05) is 0 Å². The van der Waals surface area contributed by atoms with E-state index in [1.807, 2.05) is 0 Å². The van der Waals surface area contributed by atoms with Gasteiger partial charge in [0.05, 0.1) is 26.1 Å². The molecular formula is C8H14O4. The van der Waals surface area contributed by atoms with Crippen LogP contribution in [0.15, 0.2) is 12.8 Å². The summed E-state index contributed by atoms with van der Waals surface area (Å²) < 4.78 is 14.2. The van der Waals surface area contributed by atoms with Crippen molar-refractivity contribution in [2.45, 2.75) is 12.2 Å². The molecule has 2 unspecified atom stereocenters. The summed E-state index contributed by atoms with van der Waals surface area (Å²) in [6, 6.07) is 0. The molecule has 0 aliphatic carbocycles. The molecule has 0 saturated carbocycles. The van der Waals surface area contributed by atoms with Crippen LogP contribution in [0.3, 0.4) is 0 Å². The lowest BCUT2D eigenvalue weighted by Gasteiger charge is -1.90. The average molecular weight is 174 g/mol. The summed E-state index contributed by atoms with van der Waals surface area (Å²) >= 11 is 0. The van der Waals surface area contributed by atoms with Crippen LogP contribution in [0, 0.1) is 0 Å². The van der Waals surface area contributed by atoms with Crippen LogP contribution in [0.2, 0.25) is 0 Å². The van der Waals surface area contributed by atoms with Crippen molar-refractivity contribution in [3.05, 3.63) is 12.8 Å². The maximum Gasteiger partial charge on any atom is 0.116 e. The van der Waals surface area contributed by atoms with Gasteiger partial charge < -0.3 is 19.3 Å². The highest BCUT2D eigenvalue weighted by molar-refractivity contribution is 4.68. The predicted molar refractivity (Wildman–Crippen MR) is 42.7 cm³/mol. The third-order valence-corrected chi connectivity index (χ3v) is 1.41. The maximum absolute atomic E-state index is 8.08. The van der Waals surface area contributed by atoms with E-state index >= 15 is 0 Å². The highest BCUT2D eigenvalue weighted by atomic mass is 16.6. The highest BCUT2D eigenvalue weighted by Crippen LogP contribution is 2.07. The van der Waals surface area contributed by atoms with Gasteiger partial charge in [-0.2, -0.15) is 0 Å². The van der Waals surface area contributed by atoms with Gasteiger partial charge in [-0.15, -0.1) is 0 Å². The van der Waals surface area contributed by atoms with Gasteiger partial charge in [0.2, 0.25) is 0 Å². The average Bonchev–Trinajstić information content (AvgIpc) is 2.94. The molecule has 2 saturated heterocycles. The van der Waals surface area contributed by atoms with Gasteiger partial charge in [0.1, 0.15) is 18.8 Å². The first-order valence-corrected chi connectivity index (χ1v) is 3.93. The summed E-state index contributed by atoms with van der Waals surface area (Å²) in [5.41, 5.74) is 0. The van der Waals surface area contributed by atoms with Gasteiger partial charge in [0.25, 0.3) is 0 Å². The minimum atomic E-state index is 0.190. The van der Waals surface area contributed by atoms with E-state index in [0.29, 0.717) is 12.7 Å². The Bertz CT molecular complexity index is 129. The summed E-state index contributed by atoms with van der Waals surface area (Å²) in [6.45, 7) is 5.86. The summed E-state index contributed by atoms with van der Waals surface area (Å²) in [6.07, 6.45) is 1.98. The molecule has 0 aromatic rings. The van der Waals surface area contributed by atoms with Crippen LogP contribution in [0.4, 0.5) is 0 Å². The Hall–Kier alpha value is -0.580. The summed E-state index contributed by atoms with van der Waals surface area (Å²) in [4.78, 5) is 0. The second-order valence-corrected chi connectivity index (χ2v) is 2.59. The van der Waals surface area contributed by atoms with Crippen LogP contribution in [0.25, 0.3) is 0 Å². The molecule has 2 rings (SSSR count). The molecule has 1 N–H and O–H groups in total. The smallest absolute Gasteiger partial charge is 0.116 e. The zero-order valence-electron chi connectivity index (χ0n) is 6.94. The fraction of sp³-hybridized carbons (Fsp3) is 0.750. The Kier molecular flexibility index (Phi) is 4.07. The van der Waals surface area contributed by atoms with Crippen LogP contribution in [0.5, 0.6) is 0 Å². The molecule has 12 heavy (non-hydrogen) atoms. The lowest BCUT2D eigenvalue weighted by molar-refractivity contribution is 0.213. The number of hydrogen-bond donors (Lipinski definition) is 1. The van der Waals surface area contributed by atoms with E-state index in [1.165, 1.54) is 6.26 Å². The molecule has 2 heterocycles. The standard InChI is InChI=1S/C5H8O2.C3H6O2/c1-2-6-3-5-4-7-5;4-1-3-2-5-3/h2,5H,1,3-4H2;3-4H,1-2H2. The molecule has 0 aromatic carbocycles. The molecule has 70 valence electrons. The second kappa shape index (κ2) is 5.13. The second-order valence-electron chi connectivity index (χ2n) is 2.59. The van der Waals surface area contributed by atoms with Gasteiger partial charge >= 0.3 is 0 Å². The first-order valence-electron chi connectivity index (χ1n) is 3.93. The zero-order valence-corrected chi connectivity index (χ0v) is 6.94. The zero-order chi connectivity index (χ0) is 8.81. The normalized spacial score (nSPS) is 29.8. The Labute approximate surface area is 71.7 Å². The van der Waals surface area contributed by atoms with Crippen molar-refractivity contribution >= 4 is 0 Å². The first kappa shape index (κ1) is 9.51. The number of hydrogen-bond acceptors (Lipinski definition) is 4. The van der Waals surface area contributed by atoms with E-state index in [1.54, 1.807) is 0 Å². The van der Waals surface area contributed by atoms with E-state index in [4.69, 9.17) is 14.6 Å². The Morgan fingerprint density at radius 2 is 2.00 bits per heavy atom. The van der Waals surface area contributed by atoms with Crippen LogP contribution in [-0.2, 0) is 14.2 Å². The van der Waals surface area contributed by atoms with E-state index in [2.05, 4.69) is 11.3 Å². The molecule has 2 aliphatic heterocycles. The SMILES string of the molecule is C=COCC1CO1.OCC1CO1. The van der Waals surface area contributed by atoms with Gasteiger partial charge in [-0.25, -0.2) is 0 Å². The molecule has 4 heteroatoms. The molecule has 0 spiro atoms. The number of epoxide rings is 2. The Morgan fingerprint density at radius 3 is 2.25 bits per heavy atom. The maximum atomic E-state index is 8.08. The third kappa shape index (κ3) is 5.12. The van der Waals surface area contributed by atoms with Crippen LogP contribution in [0.1, 0.15) is 0 Å². The van der Waals surface area contributed by atoms with E-state index in [0.717, 1.165) is 13.2 Å². The highest BCUT2D eigenvalue weighted by Gasteiger charge is 2.22. The van der Waals surface area contributed by atoms with Gasteiger partial charge in [-0.05, 0) is 0 Å². The Balaban J connectivity index is 0.000000127. The first-order chi connectivity index (χ1) is 5.86. The van der Waals surface area contributed by atoms with Crippen LogP contribution < -0.4 is 0 Å². The van der Waals surface area contributed by atoms with Crippen molar-refractivity contribution < 1.29 is 19.3 Å². The number of ether oxygens (including phenoxy) is 3. The quantitative estimate of drug-likeness (QED) is 0.478. The van der Waals surface area contributed by atoms with Crippen LogP contribution >= 0.6 is 0 Å². The minimum absolute atomic E-state index is 0.190. The fourth-order valence-corrected chi connectivity index (χ4v) is 0.513. The van der Waals surface area contributed by atoms with Crippen molar-refractivity contribution in [1.29, 1.82) is 0 Å². The molecule has 4 nitrogen and oxygen atoms in total. The Morgan fingerprint density at radius 1 is 1.42 bits per heavy atom. The summed E-state index contributed by atoms with van der Waals surface area (Å²) in [5.74, 6) is 0. The van der Waals surface area contributed by atoms with Crippen molar-refractivity contribution in [2.75, 3.05) is 26.4 Å². The molecule has 2 atom stereocenters. The predicted octanol–water partition coefficient (Wildman–Crippen LogP) is -0.0772. The van der Waals surface area contributed by atoms with E-state index in [-0.39, 0.29) is 12.7 Å². The van der Waals surface area contributed by atoms with Crippen molar-refractivity contribution in [3.8, 4) is 0 Å². The van der Waals surface area contributed by atoms with Crippen molar-refractivity contribution in [1.82, 2.24) is 0 Å². The number of aliphatic hydroxyl groups excluding tert-OH is 1. The van der Waals surface area contributed by atoms with Crippen molar-refractivity contribution in [3.63, 3.8) is 0 Å². The molecule has 0 radical (unpaired) electrons. The van der Waals surface area contributed by atoms with Crippen molar-refractivity contribution in [2.24, 2.45) is 0 Å². The summed E-state index contributed by atoms with van der Waals surface area (Å²) in [5, 5.41) is 8.08. The molecule has 2 fully saturated rings. The topological polar surface area (TPSA) is 54.5 Å². The largest absolute Gasteiger partial charge is 0.499 e. The number of aliphatic hydroxyl groups is 1. The monoisotopic (exact) mass is 174 g/mol. The molecule has 2 aliphatic rings. The van der Waals surface area contributed by atoms with Crippen LogP contribution in [-0.4, -0.2) is 43.7 Å². The molecule has 0 bridgehead atoms. The van der Waals surface area contributed by atoms with Gasteiger partial charge in [-0.1, -0.05) is 6.58 Å². The molecular weight excluding hydrogens is 160 g/mol. The molecule has 0 aromatic heterocycles. The van der Waals surface area contributed by atoms with E-state index in [9.17, 15) is 0 Å². The number of rotatable bonds is 4. The van der Waals surface area contributed by atoms with Gasteiger partial charge in [0.15, 0.2) is 0 Å². The summed E-state index contributed by atoms with van der Waals surface area (Å²) in [7, 11) is 0. The fourth-order valence-electron chi connectivity index (χ4n) is 0.513. The van der Waals surface area contributed by atoms with Gasteiger partial charge in [-0.3, -0.25) is 0 Å². The molecule has 0 amide bonds. The lowest BCUT2D eigenvalue weighted by atomic mass is 10.5. The minimum Gasteiger partial charge on any atom is -0.499 e. The third-order valence-electron chi connectivity index (χ3n) is 1.41. The van der Waals surface area contributed by atoms with E-state index < -0.39 is 0 Å². The lowest BCUT2D eigenvalue weighted by Crippen LogP contribution is -1.94.